The Morgan fingerprint density at radius 1 is 1.42 bits per heavy atom. The summed E-state index contributed by atoms with van der Waals surface area (Å²) in [6, 6.07) is 0. The number of sulfonamides is 1. The van der Waals surface area contributed by atoms with E-state index >= 15 is 0 Å². The first-order chi connectivity index (χ1) is 8.75. The number of alkyl halides is 2. The minimum Gasteiger partial charge on any atom is -0.340 e. The van der Waals surface area contributed by atoms with Gasteiger partial charge in [-0.05, 0) is 12.8 Å². The van der Waals surface area contributed by atoms with Crippen LogP contribution in [0.15, 0.2) is 4.52 Å². The van der Waals surface area contributed by atoms with Crippen molar-refractivity contribution in [3.8, 4) is 0 Å². The standard InChI is InChI=1S/C9H14F2N4O3S/c1-6-13-7(14-18-6)9(12)2-4-15(5-3-9)19(16,17)8(10)11/h8H,2-5,12H2,1H3. The van der Waals surface area contributed by atoms with Crippen molar-refractivity contribution in [1.82, 2.24) is 14.4 Å². The summed E-state index contributed by atoms with van der Waals surface area (Å²) in [5.41, 5.74) is 5.14. The van der Waals surface area contributed by atoms with E-state index in [4.69, 9.17) is 10.3 Å². The Labute approximate surface area is 108 Å². The van der Waals surface area contributed by atoms with Crippen LogP contribution in [0, 0.1) is 6.92 Å². The molecule has 1 aromatic heterocycles. The lowest BCUT2D eigenvalue weighted by molar-refractivity contribution is 0.188. The number of halogens is 2. The molecule has 0 atom stereocenters. The molecule has 2 heterocycles. The maximum atomic E-state index is 12.4. The van der Waals surface area contributed by atoms with Crippen LogP contribution in [-0.2, 0) is 15.6 Å². The van der Waals surface area contributed by atoms with Gasteiger partial charge in [-0.1, -0.05) is 5.16 Å². The lowest BCUT2D eigenvalue weighted by atomic mass is 9.89. The van der Waals surface area contributed by atoms with Crippen LogP contribution in [-0.4, -0.2) is 41.7 Å². The van der Waals surface area contributed by atoms with E-state index in [1.165, 1.54) is 0 Å². The molecule has 10 heteroatoms. The number of nitrogens with two attached hydrogens (primary N) is 1. The highest BCUT2D eigenvalue weighted by Crippen LogP contribution is 2.30. The van der Waals surface area contributed by atoms with Gasteiger partial charge in [0.05, 0.1) is 5.54 Å². The second kappa shape index (κ2) is 4.76. The molecule has 108 valence electrons. The first kappa shape index (κ1) is 14.3. The van der Waals surface area contributed by atoms with Gasteiger partial charge in [0.1, 0.15) is 0 Å². The zero-order chi connectivity index (χ0) is 14.3. The van der Waals surface area contributed by atoms with Gasteiger partial charge >= 0.3 is 5.76 Å². The predicted molar refractivity (Wildman–Crippen MR) is 60.6 cm³/mol. The molecule has 1 saturated heterocycles. The molecular formula is C9H14F2N4O3S. The zero-order valence-corrected chi connectivity index (χ0v) is 11.0. The molecule has 0 unspecified atom stereocenters. The maximum absolute atomic E-state index is 12.4. The Kier molecular flexibility index (Phi) is 3.58. The number of hydrogen-bond acceptors (Lipinski definition) is 6. The molecule has 2 rings (SSSR count). The Morgan fingerprint density at radius 2 is 2.00 bits per heavy atom. The van der Waals surface area contributed by atoms with E-state index in [9.17, 15) is 17.2 Å². The van der Waals surface area contributed by atoms with Gasteiger partial charge in [-0.15, -0.1) is 0 Å². The highest BCUT2D eigenvalue weighted by molar-refractivity contribution is 7.89. The molecule has 0 bridgehead atoms. The molecule has 1 aromatic rings. The third-order valence-corrected chi connectivity index (χ3v) is 4.71. The molecule has 0 aliphatic carbocycles. The number of hydrogen-bond donors (Lipinski definition) is 1. The number of aromatic nitrogens is 2. The highest BCUT2D eigenvalue weighted by Gasteiger charge is 2.42. The fourth-order valence-corrected chi connectivity index (χ4v) is 2.89. The van der Waals surface area contributed by atoms with E-state index < -0.39 is 21.3 Å². The molecular weight excluding hydrogens is 282 g/mol. The molecule has 0 radical (unpaired) electrons. The molecule has 19 heavy (non-hydrogen) atoms. The lowest BCUT2D eigenvalue weighted by Gasteiger charge is -2.36. The fourth-order valence-electron chi connectivity index (χ4n) is 1.98. The van der Waals surface area contributed by atoms with Crippen LogP contribution in [0.1, 0.15) is 24.6 Å². The lowest BCUT2D eigenvalue weighted by Crippen LogP contribution is -2.51. The summed E-state index contributed by atoms with van der Waals surface area (Å²) in [6.45, 7) is 1.43. The second-order valence-electron chi connectivity index (χ2n) is 4.50. The Balaban J connectivity index is 2.11. The van der Waals surface area contributed by atoms with Crippen molar-refractivity contribution < 1.29 is 21.7 Å². The number of nitrogens with zero attached hydrogens (tertiary/aromatic N) is 3. The van der Waals surface area contributed by atoms with Gasteiger partial charge in [-0.25, -0.2) is 8.42 Å². The van der Waals surface area contributed by atoms with Gasteiger partial charge in [0.2, 0.25) is 5.89 Å². The third kappa shape index (κ3) is 2.60. The van der Waals surface area contributed by atoms with Crippen LogP contribution in [0.25, 0.3) is 0 Å². The summed E-state index contributed by atoms with van der Waals surface area (Å²) in [6.07, 6.45) is 0.329. The second-order valence-corrected chi connectivity index (χ2v) is 6.40. The van der Waals surface area contributed by atoms with Crippen molar-refractivity contribution in [2.75, 3.05) is 13.1 Å². The molecule has 0 amide bonds. The van der Waals surface area contributed by atoms with E-state index in [0.717, 1.165) is 4.31 Å². The van der Waals surface area contributed by atoms with Crippen molar-refractivity contribution >= 4 is 10.0 Å². The van der Waals surface area contributed by atoms with E-state index in [-0.39, 0.29) is 31.8 Å². The van der Waals surface area contributed by atoms with E-state index in [2.05, 4.69) is 10.1 Å². The largest absolute Gasteiger partial charge is 0.350 e. The third-order valence-electron chi connectivity index (χ3n) is 3.17. The van der Waals surface area contributed by atoms with E-state index in [1.54, 1.807) is 6.92 Å². The van der Waals surface area contributed by atoms with Crippen LogP contribution in [0.2, 0.25) is 0 Å². The van der Waals surface area contributed by atoms with Crippen LogP contribution in [0.4, 0.5) is 8.78 Å². The van der Waals surface area contributed by atoms with Crippen molar-refractivity contribution in [2.45, 2.75) is 31.1 Å². The minimum absolute atomic E-state index is 0.0865. The van der Waals surface area contributed by atoms with E-state index in [1.807, 2.05) is 0 Å². The van der Waals surface area contributed by atoms with Crippen LogP contribution >= 0.6 is 0 Å². The van der Waals surface area contributed by atoms with Gasteiger partial charge in [0.25, 0.3) is 10.0 Å². The summed E-state index contributed by atoms with van der Waals surface area (Å²) in [7, 11) is -4.55. The molecule has 1 fully saturated rings. The van der Waals surface area contributed by atoms with Crippen molar-refractivity contribution in [3.63, 3.8) is 0 Å². The average Bonchev–Trinajstić information content (AvgIpc) is 2.77. The van der Waals surface area contributed by atoms with Gasteiger partial charge in [0.15, 0.2) is 5.82 Å². The van der Waals surface area contributed by atoms with Gasteiger partial charge in [-0.2, -0.15) is 18.1 Å². The zero-order valence-electron chi connectivity index (χ0n) is 10.2. The summed E-state index contributed by atoms with van der Waals surface area (Å²) in [4.78, 5) is 4.01. The van der Waals surface area contributed by atoms with Gasteiger partial charge in [-0.3, -0.25) is 0 Å². The Morgan fingerprint density at radius 3 is 2.42 bits per heavy atom. The minimum atomic E-state index is -4.55. The van der Waals surface area contributed by atoms with Crippen LogP contribution < -0.4 is 5.73 Å². The van der Waals surface area contributed by atoms with E-state index in [0.29, 0.717) is 5.89 Å². The monoisotopic (exact) mass is 296 g/mol. The number of rotatable bonds is 3. The molecule has 0 aromatic carbocycles. The summed E-state index contributed by atoms with van der Waals surface area (Å²) >= 11 is 0. The first-order valence-electron chi connectivity index (χ1n) is 5.62. The number of aryl methyl sites for hydroxylation is 1. The molecule has 0 spiro atoms. The van der Waals surface area contributed by atoms with Crippen molar-refractivity contribution in [1.29, 1.82) is 0 Å². The van der Waals surface area contributed by atoms with Crippen LogP contribution in [0.3, 0.4) is 0 Å². The molecule has 1 aliphatic rings. The first-order valence-corrected chi connectivity index (χ1v) is 7.13. The molecule has 1 aliphatic heterocycles. The summed E-state index contributed by atoms with van der Waals surface area (Å²) in [5, 5.41) is 3.71. The van der Waals surface area contributed by atoms with Crippen molar-refractivity contribution in [3.05, 3.63) is 11.7 Å². The fraction of sp³-hybridized carbons (Fsp3) is 0.778. The Hall–Kier alpha value is -1.13. The normalized spacial score (nSPS) is 20.9. The quantitative estimate of drug-likeness (QED) is 0.853. The van der Waals surface area contributed by atoms with Gasteiger partial charge in [0, 0.05) is 20.0 Å². The Bertz CT molecular complexity index is 552. The molecule has 0 saturated carbocycles. The molecule has 2 N–H and O–H groups in total. The topological polar surface area (TPSA) is 102 Å². The van der Waals surface area contributed by atoms with Crippen LogP contribution in [0.5, 0.6) is 0 Å². The molecule has 7 nitrogen and oxygen atoms in total. The van der Waals surface area contributed by atoms with Crippen molar-refractivity contribution in [2.24, 2.45) is 5.73 Å². The summed E-state index contributed by atoms with van der Waals surface area (Å²) < 4.78 is 53.0. The average molecular weight is 296 g/mol. The summed E-state index contributed by atoms with van der Waals surface area (Å²) in [5.74, 6) is -2.79. The maximum Gasteiger partial charge on any atom is 0.350 e. The highest BCUT2D eigenvalue weighted by atomic mass is 32.2. The predicted octanol–water partition coefficient (Wildman–Crippen LogP) is 0.180. The number of piperidine rings is 1. The SMILES string of the molecule is Cc1nc(C2(N)CCN(S(=O)(=O)C(F)F)CC2)no1. The van der Waals surface area contributed by atoms with Gasteiger partial charge < -0.3 is 10.3 Å². The smallest absolute Gasteiger partial charge is 0.340 e.